The van der Waals surface area contributed by atoms with Gasteiger partial charge >= 0.3 is 5.97 Å². The highest BCUT2D eigenvalue weighted by Crippen LogP contribution is 2.13. The van der Waals surface area contributed by atoms with Crippen molar-refractivity contribution >= 4 is 11.7 Å². The highest BCUT2D eigenvalue weighted by Gasteiger charge is 2.08. The Kier molecular flexibility index (Phi) is 3.45. The van der Waals surface area contributed by atoms with Gasteiger partial charge in [-0.3, -0.25) is 4.98 Å². The van der Waals surface area contributed by atoms with Crippen LogP contribution >= 0.6 is 0 Å². The molecule has 0 aliphatic heterocycles. The summed E-state index contributed by atoms with van der Waals surface area (Å²) >= 11 is 0. The lowest BCUT2D eigenvalue weighted by atomic mass is 10.2. The van der Waals surface area contributed by atoms with E-state index < -0.39 is 0 Å². The average molecular weight is 194 g/mol. The predicted octanol–water partition coefficient (Wildman–Crippen LogP) is 1.61. The monoisotopic (exact) mass is 194 g/mol. The number of nitrogens with zero attached hydrogens (tertiary/aromatic N) is 1. The second kappa shape index (κ2) is 4.60. The minimum absolute atomic E-state index is 0.337. The Bertz CT molecular complexity index is 337. The molecule has 0 saturated carbocycles. The molecule has 0 atom stereocenters. The van der Waals surface area contributed by atoms with Crippen LogP contribution in [0.4, 0.5) is 5.69 Å². The van der Waals surface area contributed by atoms with Crippen molar-refractivity contribution in [2.75, 3.05) is 19.0 Å². The van der Waals surface area contributed by atoms with Crippen LogP contribution in [-0.4, -0.2) is 24.6 Å². The summed E-state index contributed by atoms with van der Waals surface area (Å²) in [5.41, 5.74) is 2.18. The van der Waals surface area contributed by atoms with Gasteiger partial charge in [0.1, 0.15) is 0 Å². The molecule has 1 aromatic rings. The molecule has 1 heterocycles. The molecule has 1 rings (SSSR count). The van der Waals surface area contributed by atoms with Crippen molar-refractivity contribution in [2.24, 2.45) is 0 Å². The third kappa shape index (κ3) is 2.22. The Morgan fingerprint density at radius 1 is 1.64 bits per heavy atom. The largest absolute Gasteiger partial charge is 0.462 e. The normalized spacial score (nSPS) is 9.64. The number of carbonyl (C=O) groups excluding carboxylic acids is 1. The maximum Gasteiger partial charge on any atom is 0.339 e. The van der Waals surface area contributed by atoms with Gasteiger partial charge in [-0.15, -0.1) is 0 Å². The molecule has 0 aromatic carbocycles. The zero-order valence-corrected chi connectivity index (χ0v) is 8.63. The van der Waals surface area contributed by atoms with Gasteiger partial charge in [0, 0.05) is 13.2 Å². The number of nitrogens with one attached hydrogen (secondary N) is 1. The lowest BCUT2D eigenvalue weighted by Crippen LogP contribution is -2.06. The Labute approximate surface area is 83.3 Å². The zero-order chi connectivity index (χ0) is 10.6. The molecule has 1 aromatic heterocycles. The van der Waals surface area contributed by atoms with Crippen molar-refractivity contribution < 1.29 is 9.53 Å². The molecule has 1 N–H and O–H groups in total. The summed E-state index contributed by atoms with van der Waals surface area (Å²) in [5, 5.41) is 2.96. The quantitative estimate of drug-likeness (QED) is 0.743. The molecule has 76 valence electrons. The molecular formula is C10H14N2O2. The SMILES string of the molecule is CCOC(=O)c1cnc(C)c(NC)c1. The van der Waals surface area contributed by atoms with E-state index in [0.29, 0.717) is 12.2 Å². The minimum atomic E-state index is -0.337. The maximum absolute atomic E-state index is 11.3. The second-order valence-corrected chi connectivity index (χ2v) is 2.83. The van der Waals surface area contributed by atoms with E-state index in [0.717, 1.165) is 11.4 Å². The van der Waals surface area contributed by atoms with Crippen LogP contribution in [0.5, 0.6) is 0 Å². The summed E-state index contributed by atoms with van der Waals surface area (Å²) in [5.74, 6) is -0.337. The summed E-state index contributed by atoms with van der Waals surface area (Å²) in [6.45, 7) is 4.03. The molecule has 4 nitrogen and oxygen atoms in total. The van der Waals surface area contributed by atoms with Crippen LogP contribution in [-0.2, 0) is 4.74 Å². The van der Waals surface area contributed by atoms with Crippen molar-refractivity contribution in [1.29, 1.82) is 0 Å². The zero-order valence-electron chi connectivity index (χ0n) is 8.63. The van der Waals surface area contributed by atoms with Crippen LogP contribution in [0.1, 0.15) is 23.0 Å². The Morgan fingerprint density at radius 3 is 2.93 bits per heavy atom. The van der Waals surface area contributed by atoms with Gasteiger partial charge in [-0.05, 0) is 19.9 Å². The fraction of sp³-hybridized carbons (Fsp3) is 0.400. The van der Waals surface area contributed by atoms with Gasteiger partial charge in [0.2, 0.25) is 0 Å². The number of rotatable bonds is 3. The molecule has 14 heavy (non-hydrogen) atoms. The van der Waals surface area contributed by atoms with E-state index in [4.69, 9.17) is 4.74 Å². The van der Waals surface area contributed by atoms with E-state index >= 15 is 0 Å². The summed E-state index contributed by atoms with van der Waals surface area (Å²) in [4.78, 5) is 15.4. The molecule has 0 aliphatic carbocycles. The molecule has 0 fully saturated rings. The number of hydrogen-bond donors (Lipinski definition) is 1. The molecule has 0 spiro atoms. The smallest absolute Gasteiger partial charge is 0.339 e. The molecule has 0 saturated heterocycles. The fourth-order valence-corrected chi connectivity index (χ4v) is 1.11. The van der Waals surface area contributed by atoms with Crippen molar-refractivity contribution in [2.45, 2.75) is 13.8 Å². The molecule has 0 unspecified atom stereocenters. The number of ether oxygens (including phenoxy) is 1. The maximum atomic E-state index is 11.3. The van der Waals surface area contributed by atoms with Gasteiger partial charge in [-0.1, -0.05) is 0 Å². The summed E-state index contributed by atoms with van der Waals surface area (Å²) < 4.78 is 4.86. The van der Waals surface area contributed by atoms with Gasteiger partial charge in [-0.2, -0.15) is 0 Å². The van der Waals surface area contributed by atoms with Gasteiger partial charge in [0.15, 0.2) is 0 Å². The predicted molar refractivity (Wildman–Crippen MR) is 54.5 cm³/mol. The fourth-order valence-electron chi connectivity index (χ4n) is 1.11. The third-order valence-corrected chi connectivity index (χ3v) is 1.87. The highest BCUT2D eigenvalue weighted by molar-refractivity contribution is 5.90. The van der Waals surface area contributed by atoms with Crippen molar-refractivity contribution in [1.82, 2.24) is 4.98 Å². The molecule has 0 radical (unpaired) electrons. The molecule has 0 amide bonds. The summed E-state index contributed by atoms with van der Waals surface area (Å²) in [7, 11) is 1.79. The van der Waals surface area contributed by atoms with E-state index in [9.17, 15) is 4.79 Å². The standard InChI is InChI=1S/C10H14N2O2/c1-4-14-10(13)8-5-9(11-3)7(2)12-6-8/h5-6,11H,4H2,1-3H3. The topological polar surface area (TPSA) is 51.2 Å². The van der Waals surface area contributed by atoms with E-state index in [2.05, 4.69) is 10.3 Å². The number of esters is 1. The Hall–Kier alpha value is -1.58. The number of aromatic nitrogens is 1. The number of pyridine rings is 1. The number of carbonyl (C=O) groups is 1. The number of anilines is 1. The van der Waals surface area contributed by atoms with E-state index in [1.165, 1.54) is 6.20 Å². The first-order valence-electron chi connectivity index (χ1n) is 4.50. The first kappa shape index (κ1) is 10.5. The van der Waals surface area contributed by atoms with Crippen LogP contribution in [0.25, 0.3) is 0 Å². The molecule has 0 aliphatic rings. The van der Waals surface area contributed by atoms with E-state index in [1.54, 1.807) is 20.0 Å². The third-order valence-electron chi connectivity index (χ3n) is 1.87. The molecule has 4 heteroatoms. The lowest BCUT2D eigenvalue weighted by molar-refractivity contribution is 0.0526. The lowest BCUT2D eigenvalue weighted by Gasteiger charge is -2.06. The van der Waals surface area contributed by atoms with Crippen LogP contribution in [0, 0.1) is 6.92 Å². The van der Waals surface area contributed by atoms with E-state index in [-0.39, 0.29) is 5.97 Å². The van der Waals surface area contributed by atoms with E-state index in [1.807, 2.05) is 6.92 Å². The van der Waals surface area contributed by atoms with Gasteiger partial charge < -0.3 is 10.1 Å². The number of aryl methyl sites for hydroxylation is 1. The average Bonchev–Trinajstić information content (AvgIpc) is 2.19. The Balaban J connectivity index is 2.94. The molecule has 0 bridgehead atoms. The summed E-state index contributed by atoms with van der Waals surface area (Å²) in [6.07, 6.45) is 1.52. The van der Waals surface area contributed by atoms with Crippen molar-refractivity contribution in [3.8, 4) is 0 Å². The minimum Gasteiger partial charge on any atom is -0.462 e. The number of hydrogen-bond acceptors (Lipinski definition) is 4. The van der Waals surface area contributed by atoms with Crippen LogP contribution in [0.2, 0.25) is 0 Å². The van der Waals surface area contributed by atoms with Gasteiger partial charge in [0.05, 0.1) is 23.6 Å². The first-order valence-corrected chi connectivity index (χ1v) is 4.50. The van der Waals surface area contributed by atoms with Crippen molar-refractivity contribution in [3.05, 3.63) is 23.5 Å². The van der Waals surface area contributed by atoms with Crippen LogP contribution in [0.3, 0.4) is 0 Å². The van der Waals surface area contributed by atoms with Crippen LogP contribution < -0.4 is 5.32 Å². The van der Waals surface area contributed by atoms with Crippen LogP contribution in [0.15, 0.2) is 12.3 Å². The second-order valence-electron chi connectivity index (χ2n) is 2.83. The first-order chi connectivity index (χ1) is 6.69. The summed E-state index contributed by atoms with van der Waals surface area (Å²) in [6, 6.07) is 1.74. The Morgan fingerprint density at radius 2 is 2.36 bits per heavy atom. The highest BCUT2D eigenvalue weighted by atomic mass is 16.5. The van der Waals surface area contributed by atoms with Gasteiger partial charge in [0.25, 0.3) is 0 Å². The van der Waals surface area contributed by atoms with Gasteiger partial charge in [-0.25, -0.2) is 4.79 Å². The van der Waals surface area contributed by atoms with Crippen molar-refractivity contribution in [3.63, 3.8) is 0 Å². The molecular weight excluding hydrogens is 180 g/mol.